The molecule has 0 aliphatic rings. The molecule has 2 aromatic carbocycles. The summed E-state index contributed by atoms with van der Waals surface area (Å²) in [6, 6.07) is 9.58. The lowest BCUT2D eigenvalue weighted by Crippen LogP contribution is -2.42. The average Bonchev–Trinajstić information content (AvgIpc) is 2.64. The van der Waals surface area contributed by atoms with Crippen LogP contribution in [-0.4, -0.2) is 34.1 Å². The summed E-state index contributed by atoms with van der Waals surface area (Å²) in [5, 5.41) is 29.7. The van der Waals surface area contributed by atoms with Gasteiger partial charge in [-0.15, -0.1) is 0 Å². The van der Waals surface area contributed by atoms with Gasteiger partial charge in [-0.3, -0.25) is 4.79 Å². The number of nitrogens with two attached hydrogens (primary N) is 1. The van der Waals surface area contributed by atoms with E-state index >= 15 is 0 Å². The number of aromatic hydroxyl groups is 2. The summed E-state index contributed by atoms with van der Waals surface area (Å²) in [6.07, 6.45) is -0.829. The van der Waals surface area contributed by atoms with E-state index in [0.29, 0.717) is 16.7 Å². The Bertz CT molecular complexity index is 1020. The van der Waals surface area contributed by atoms with Gasteiger partial charge in [0.1, 0.15) is 41.3 Å². The van der Waals surface area contributed by atoms with Crippen LogP contribution < -0.4 is 15.9 Å². The quantitative estimate of drug-likeness (QED) is 0.514. The number of hydrogen-bond donors (Lipinski definition) is 4. The number of rotatable bonds is 6. The van der Waals surface area contributed by atoms with Crippen LogP contribution in [0.5, 0.6) is 17.2 Å². The fourth-order valence-electron chi connectivity index (χ4n) is 2.84. The zero-order valence-electron chi connectivity index (χ0n) is 15.6. The van der Waals surface area contributed by atoms with Gasteiger partial charge in [-0.25, -0.2) is 0 Å². The molecule has 148 valence electrons. The van der Waals surface area contributed by atoms with E-state index in [1.807, 2.05) is 13.8 Å². The van der Waals surface area contributed by atoms with Gasteiger partial charge in [-0.05, 0) is 30.2 Å². The van der Waals surface area contributed by atoms with E-state index in [0.717, 1.165) is 0 Å². The third kappa shape index (κ3) is 4.27. The Hall–Kier alpha value is -3.03. The van der Waals surface area contributed by atoms with Crippen LogP contribution in [-0.2, 0) is 0 Å². The molecular formula is C21H23NO6. The highest BCUT2D eigenvalue weighted by molar-refractivity contribution is 5.80. The zero-order chi connectivity index (χ0) is 20.4. The van der Waals surface area contributed by atoms with Crippen LogP contribution in [0.2, 0.25) is 0 Å². The van der Waals surface area contributed by atoms with Gasteiger partial charge in [-0.1, -0.05) is 13.8 Å². The van der Waals surface area contributed by atoms with Gasteiger partial charge in [0.05, 0.1) is 5.39 Å². The first-order valence-electron chi connectivity index (χ1n) is 8.92. The van der Waals surface area contributed by atoms with Crippen LogP contribution in [0.4, 0.5) is 0 Å². The molecule has 5 N–H and O–H groups in total. The molecule has 28 heavy (non-hydrogen) atoms. The van der Waals surface area contributed by atoms with Gasteiger partial charge in [0, 0.05) is 29.8 Å². The summed E-state index contributed by atoms with van der Waals surface area (Å²) in [5.74, 6) is 0.425. The lowest BCUT2D eigenvalue weighted by atomic mass is 10.0. The minimum Gasteiger partial charge on any atom is -0.508 e. The van der Waals surface area contributed by atoms with Crippen molar-refractivity contribution in [2.24, 2.45) is 11.7 Å². The van der Waals surface area contributed by atoms with Gasteiger partial charge in [-0.2, -0.15) is 0 Å². The van der Waals surface area contributed by atoms with E-state index in [-0.39, 0.29) is 40.8 Å². The maximum atomic E-state index is 12.4. The average molecular weight is 385 g/mol. The predicted molar refractivity (Wildman–Crippen MR) is 106 cm³/mol. The van der Waals surface area contributed by atoms with E-state index in [1.165, 1.54) is 24.3 Å². The van der Waals surface area contributed by atoms with E-state index in [1.54, 1.807) is 18.2 Å². The molecule has 1 aromatic heterocycles. The van der Waals surface area contributed by atoms with Crippen molar-refractivity contribution in [2.75, 3.05) is 6.61 Å². The van der Waals surface area contributed by atoms with Crippen molar-refractivity contribution in [3.8, 4) is 28.6 Å². The number of ether oxygens (including phenoxy) is 1. The van der Waals surface area contributed by atoms with Gasteiger partial charge < -0.3 is 30.2 Å². The van der Waals surface area contributed by atoms with E-state index in [2.05, 4.69) is 0 Å². The Labute approximate surface area is 161 Å². The molecule has 0 amide bonds. The Balaban J connectivity index is 1.91. The molecule has 3 aromatic rings. The van der Waals surface area contributed by atoms with Crippen LogP contribution in [0.1, 0.15) is 13.8 Å². The fourth-order valence-corrected chi connectivity index (χ4v) is 2.84. The van der Waals surface area contributed by atoms with Crippen molar-refractivity contribution in [1.82, 2.24) is 0 Å². The van der Waals surface area contributed by atoms with Crippen LogP contribution in [0, 0.1) is 5.92 Å². The summed E-state index contributed by atoms with van der Waals surface area (Å²) in [6.45, 7) is 3.84. The first kappa shape index (κ1) is 19.7. The van der Waals surface area contributed by atoms with Gasteiger partial charge in [0.15, 0.2) is 5.43 Å². The fraction of sp³-hybridized carbons (Fsp3) is 0.286. The van der Waals surface area contributed by atoms with Crippen LogP contribution in [0.15, 0.2) is 51.7 Å². The minimum absolute atomic E-state index is 0.00913. The molecule has 1 heterocycles. The van der Waals surface area contributed by atoms with Crippen LogP contribution >= 0.6 is 0 Å². The normalized spacial score (nSPS) is 13.6. The topological polar surface area (TPSA) is 126 Å². The lowest BCUT2D eigenvalue weighted by Gasteiger charge is -2.22. The van der Waals surface area contributed by atoms with Crippen molar-refractivity contribution in [2.45, 2.75) is 26.0 Å². The smallest absolute Gasteiger partial charge is 0.193 e. The van der Waals surface area contributed by atoms with Crippen molar-refractivity contribution < 1.29 is 24.5 Å². The maximum Gasteiger partial charge on any atom is 0.193 e. The Morgan fingerprint density at radius 1 is 1.07 bits per heavy atom. The zero-order valence-corrected chi connectivity index (χ0v) is 15.6. The minimum atomic E-state index is -0.829. The molecule has 0 aliphatic heterocycles. The molecule has 0 radical (unpaired) electrons. The molecule has 0 fully saturated rings. The van der Waals surface area contributed by atoms with Gasteiger partial charge in [0.2, 0.25) is 0 Å². The van der Waals surface area contributed by atoms with E-state index in [9.17, 15) is 20.1 Å². The molecule has 3 rings (SSSR count). The van der Waals surface area contributed by atoms with Gasteiger partial charge >= 0.3 is 0 Å². The molecule has 7 nitrogen and oxygen atoms in total. The van der Waals surface area contributed by atoms with Crippen molar-refractivity contribution >= 4 is 11.0 Å². The molecule has 0 spiro atoms. The highest BCUT2D eigenvalue weighted by Gasteiger charge is 2.19. The largest absolute Gasteiger partial charge is 0.508 e. The Kier molecular flexibility index (Phi) is 5.58. The van der Waals surface area contributed by atoms with E-state index in [4.69, 9.17) is 14.9 Å². The summed E-state index contributed by atoms with van der Waals surface area (Å²) in [4.78, 5) is 12.4. The van der Waals surface area contributed by atoms with Crippen molar-refractivity contribution in [3.63, 3.8) is 0 Å². The van der Waals surface area contributed by atoms with Crippen molar-refractivity contribution in [1.29, 1.82) is 0 Å². The summed E-state index contributed by atoms with van der Waals surface area (Å²) < 4.78 is 11.4. The second-order valence-electron chi connectivity index (χ2n) is 7.07. The molecule has 1 unspecified atom stereocenters. The second-order valence-corrected chi connectivity index (χ2v) is 7.07. The SMILES string of the molecule is CC(C)C(N)[C@@H](O)COc1ccc2c(=O)cc(-c3cc(O)cc(O)c3)oc2c1. The summed E-state index contributed by atoms with van der Waals surface area (Å²) in [5.41, 5.74) is 6.29. The molecular weight excluding hydrogens is 362 g/mol. The highest BCUT2D eigenvalue weighted by atomic mass is 16.5. The maximum absolute atomic E-state index is 12.4. The molecule has 7 heteroatoms. The first-order chi connectivity index (χ1) is 13.2. The molecule has 0 aliphatic carbocycles. The first-order valence-corrected chi connectivity index (χ1v) is 8.92. The highest BCUT2D eigenvalue weighted by Crippen LogP contribution is 2.30. The summed E-state index contributed by atoms with van der Waals surface area (Å²) in [7, 11) is 0. The van der Waals surface area contributed by atoms with E-state index < -0.39 is 12.1 Å². The molecule has 2 atom stereocenters. The Morgan fingerprint density at radius 3 is 2.39 bits per heavy atom. The second kappa shape index (κ2) is 7.92. The van der Waals surface area contributed by atoms with Crippen LogP contribution in [0.3, 0.4) is 0 Å². The van der Waals surface area contributed by atoms with Gasteiger partial charge in [0.25, 0.3) is 0 Å². The van der Waals surface area contributed by atoms with Crippen LogP contribution in [0.25, 0.3) is 22.3 Å². The number of aliphatic hydroxyl groups excluding tert-OH is 1. The molecule has 0 saturated carbocycles. The number of phenolic OH excluding ortho intramolecular Hbond substituents is 2. The number of phenols is 2. The number of hydrogen-bond acceptors (Lipinski definition) is 7. The molecule has 0 bridgehead atoms. The number of aliphatic hydroxyl groups is 1. The predicted octanol–water partition coefficient (Wildman–Crippen LogP) is 2.59. The number of benzene rings is 2. The third-order valence-corrected chi connectivity index (χ3v) is 4.52. The molecule has 0 saturated heterocycles. The number of fused-ring (bicyclic) bond motifs is 1. The Morgan fingerprint density at radius 2 is 1.75 bits per heavy atom. The van der Waals surface area contributed by atoms with Crippen molar-refractivity contribution in [3.05, 3.63) is 52.7 Å². The lowest BCUT2D eigenvalue weighted by molar-refractivity contribution is 0.0715. The standard InChI is InChI=1S/C21H23NO6/c1-11(2)21(22)18(26)10-27-15-3-4-16-17(25)9-19(28-20(16)8-15)12-5-13(23)7-14(24)6-12/h3-9,11,18,21,23-24,26H,10,22H2,1-2H3/t18-,21?/m0/s1. The summed E-state index contributed by atoms with van der Waals surface area (Å²) >= 11 is 0. The third-order valence-electron chi connectivity index (χ3n) is 4.52. The monoisotopic (exact) mass is 385 g/mol.